The lowest BCUT2D eigenvalue weighted by atomic mass is 9.85. The minimum atomic E-state index is -3.35. The summed E-state index contributed by atoms with van der Waals surface area (Å²) in [6.45, 7) is 4.13. The number of anilines is 1. The van der Waals surface area contributed by atoms with Crippen molar-refractivity contribution in [2.75, 3.05) is 25.0 Å². The third-order valence-corrected chi connectivity index (χ3v) is 6.63. The zero-order valence-corrected chi connectivity index (χ0v) is 13.5. The molecule has 1 aromatic carbocycles. The van der Waals surface area contributed by atoms with Gasteiger partial charge in [0.05, 0.1) is 4.90 Å². The quantitative estimate of drug-likeness (QED) is 0.910. The van der Waals surface area contributed by atoms with Gasteiger partial charge < -0.3 is 5.32 Å². The van der Waals surface area contributed by atoms with Gasteiger partial charge in [0, 0.05) is 25.3 Å². The molecule has 0 aromatic heterocycles. The van der Waals surface area contributed by atoms with Gasteiger partial charge in [0.15, 0.2) is 0 Å². The van der Waals surface area contributed by atoms with E-state index in [2.05, 4.69) is 5.32 Å². The van der Waals surface area contributed by atoms with Crippen molar-refractivity contribution in [3.63, 3.8) is 0 Å². The zero-order valence-electron chi connectivity index (χ0n) is 12.6. The number of sulfonamides is 1. The molecular weight excluding hydrogens is 284 g/mol. The molecule has 116 valence electrons. The fourth-order valence-corrected chi connectivity index (χ4v) is 4.70. The predicted octanol–water partition coefficient (Wildman–Crippen LogP) is 2.86. The summed E-state index contributed by atoms with van der Waals surface area (Å²) in [6, 6.07) is 5.52. The van der Waals surface area contributed by atoms with E-state index in [1.807, 2.05) is 19.1 Å². The number of benzene rings is 1. The summed E-state index contributed by atoms with van der Waals surface area (Å²) in [4.78, 5) is 0.450. The second kappa shape index (κ2) is 5.97. The molecule has 0 unspecified atom stereocenters. The van der Waals surface area contributed by atoms with Gasteiger partial charge >= 0.3 is 0 Å². The van der Waals surface area contributed by atoms with Crippen LogP contribution in [0.4, 0.5) is 5.69 Å². The van der Waals surface area contributed by atoms with Crippen molar-refractivity contribution in [2.45, 2.75) is 43.9 Å². The molecule has 1 heterocycles. The van der Waals surface area contributed by atoms with Gasteiger partial charge in [-0.25, -0.2) is 8.42 Å². The van der Waals surface area contributed by atoms with Crippen LogP contribution < -0.4 is 5.32 Å². The summed E-state index contributed by atoms with van der Waals surface area (Å²) in [5.41, 5.74) is 2.21. The van der Waals surface area contributed by atoms with Crippen LogP contribution >= 0.6 is 0 Å². The van der Waals surface area contributed by atoms with E-state index in [-0.39, 0.29) is 0 Å². The normalized spacial score (nSPS) is 19.0. The summed E-state index contributed by atoms with van der Waals surface area (Å²) in [5.74, 6) is 0.555. The first kappa shape index (κ1) is 14.9. The predicted molar refractivity (Wildman–Crippen MR) is 85.0 cm³/mol. The van der Waals surface area contributed by atoms with Crippen LogP contribution in [0, 0.1) is 5.92 Å². The lowest BCUT2D eigenvalue weighted by molar-refractivity contribution is 0.250. The van der Waals surface area contributed by atoms with Crippen molar-refractivity contribution >= 4 is 15.7 Å². The average molecular weight is 308 g/mol. The minimum Gasteiger partial charge on any atom is -0.385 e. The molecule has 1 saturated carbocycles. The number of hydrogen-bond acceptors (Lipinski definition) is 3. The van der Waals surface area contributed by atoms with Crippen LogP contribution in [0.1, 0.15) is 38.2 Å². The molecule has 0 radical (unpaired) electrons. The lowest BCUT2D eigenvalue weighted by Gasteiger charge is -2.31. The Hall–Kier alpha value is -1.07. The molecule has 1 fully saturated rings. The van der Waals surface area contributed by atoms with Gasteiger partial charge in [-0.3, -0.25) is 0 Å². The van der Waals surface area contributed by atoms with Gasteiger partial charge in [-0.05, 0) is 55.4 Å². The van der Waals surface area contributed by atoms with E-state index in [4.69, 9.17) is 0 Å². The average Bonchev–Trinajstić information content (AvgIpc) is 2.45. The Kier molecular flexibility index (Phi) is 4.22. The molecule has 5 heteroatoms. The zero-order chi connectivity index (χ0) is 14.9. The molecule has 0 bridgehead atoms. The second-order valence-corrected chi connectivity index (χ2v) is 8.04. The monoisotopic (exact) mass is 308 g/mol. The molecule has 2 aliphatic rings. The molecule has 0 spiro atoms. The third-order valence-electron chi connectivity index (χ3n) is 4.69. The molecule has 1 N–H and O–H groups in total. The van der Waals surface area contributed by atoms with Gasteiger partial charge in [0.25, 0.3) is 0 Å². The molecule has 4 nitrogen and oxygen atoms in total. The van der Waals surface area contributed by atoms with E-state index in [9.17, 15) is 8.42 Å². The SMILES string of the molecule is CCN(CC1CCC1)S(=O)(=O)c1ccc2c(c1)CCCN2. The molecule has 21 heavy (non-hydrogen) atoms. The second-order valence-electron chi connectivity index (χ2n) is 6.10. The highest BCUT2D eigenvalue weighted by Gasteiger charge is 2.29. The molecule has 0 saturated heterocycles. The van der Waals surface area contributed by atoms with Gasteiger partial charge in [0.2, 0.25) is 10.0 Å². The molecule has 1 aliphatic carbocycles. The number of nitrogens with one attached hydrogen (secondary N) is 1. The lowest BCUT2D eigenvalue weighted by Crippen LogP contribution is -2.37. The topological polar surface area (TPSA) is 49.4 Å². The van der Waals surface area contributed by atoms with E-state index in [1.165, 1.54) is 19.3 Å². The number of fused-ring (bicyclic) bond motifs is 1. The van der Waals surface area contributed by atoms with Crippen LogP contribution in [0.15, 0.2) is 23.1 Å². The Labute approximate surface area is 127 Å². The van der Waals surface area contributed by atoms with Crippen LogP contribution in [-0.2, 0) is 16.4 Å². The van der Waals surface area contributed by atoms with E-state index in [1.54, 1.807) is 10.4 Å². The third kappa shape index (κ3) is 2.94. The highest BCUT2D eigenvalue weighted by molar-refractivity contribution is 7.89. The number of nitrogens with zero attached hydrogens (tertiary/aromatic N) is 1. The first-order valence-electron chi connectivity index (χ1n) is 7.98. The summed E-state index contributed by atoms with van der Waals surface area (Å²) < 4.78 is 27.3. The fraction of sp³-hybridized carbons (Fsp3) is 0.625. The standard InChI is InChI=1S/C16H24N2O2S/c1-2-18(12-13-5-3-6-13)21(19,20)15-8-9-16-14(11-15)7-4-10-17-16/h8-9,11,13,17H,2-7,10,12H2,1H3. The molecular formula is C16H24N2O2S. The Morgan fingerprint density at radius 2 is 2.10 bits per heavy atom. The number of aryl methyl sites for hydroxylation is 1. The smallest absolute Gasteiger partial charge is 0.243 e. The van der Waals surface area contributed by atoms with Gasteiger partial charge in [-0.2, -0.15) is 4.31 Å². The number of hydrogen-bond donors (Lipinski definition) is 1. The highest BCUT2D eigenvalue weighted by Crippen LogP contribution is 2.30. The molecule has 3 rings (SSSR count). The van der Waals surface area contributed by atoms with Crippen LogP contribution in [0.25, 0.3) is 0 Å². The van der Waals surface area contributed by atoms with E-state index < -0.39 is 10.0 Å². The molecule has 1 aromatic rings. The number of rotatable bonds is 5. The Morgan fingerprint density at radius 1 is 1.29 bits per heavy atom. The van der Waals surface area contributed by atoms with E-state index in [0.717, 1.165) is 30.6 Å². The van der Waals surface area contributed by atoms with Crippen molar-refractivity contribution in [2.24, 2.45) is 5.92 Å². The van der Waals surface area contributed by atoms with Crippen molar-refractivity contribution in [3.8, 4) is 0 Å². The fourth-order valence-electron chi connectivity index (χ4n) is 3.12. The maximum absolute atomic E-state index is 12.8. The Balaban J connectivity index is 1.85. The van der Waals surface area contributed by atoms with Gasteiger partial charge in [-0.15, -0.1) is 0 Å². The van der Waals surface area contributed by atoms with Gasteiger partial charge in [0.1, 0.15) is 0 Å². The molecule has 0 atom stereocenters. The van der Waals surface area contributed by atoms with Crippen LogP contribution in [-0.4, -0.2) is 32.4 Å². The van der Waals surface area contributed by atoms with E-state index in [0.29, 0.717) is 23.9 Å². The van der Waals surface area contributed by atoms with Gasteiger partial charge in [-0.1, -0.05) is 13.3 Å². The molecule has 0 amide bonds. The minimum absolute atomic E-state index is 0.450. The van der Waals surface area contributed by atoms with Crippen molar-refractivity contribution in [1.29, 1.82) is 0 Å². The van der Waals surface area contributed by atoms with E-state index >= 15 is 0 Å². The summed E-state index contributed by atoms with van der Waals surface area (Å²) in [6.07, 6.45) is 5.60. The van der Waals surface area contributed by atoms with Crippen molar-refractivity contribution in [1.82, 2.24) is 4.31 Å². The first-order chi connectivity index (χ1) is 10.1. The first-order valence-corrected chi connectivity index (χ1v) is 9.42. The van der Waals surface area contributed by atoms with Crippen molar-refractivity contribution < 1.29 is 8.42 Å². The largest absolute Gasteiger partial charge is 0.385 e. The Morgan fingerprint density at radius 3 is 2.76 bits per heavy atom. The van der Waals surface area contributed by atoms with Crippen LogP contribution in [0.5, 0.6) is 0 Å². The summed E-state index contributed by atoms with van der Waals surface area (Å²) in [5, 5.41) is 3.33. The summed E-state index contributed by atoms with van der Waals surface area (Å²) >= 11 is 0. The highest BCUT2D eigenvalue weighted by atomic mass is 32.2. The summed E-state index contributed by atoms with van der Waals surface area (Å²) in [7, 11) is -3.35. The van der Waals surface area contributed by atoms with Crippen LogP contribution in [0.3, 0.4) is 0 Å². The Bertz CT molecular complexity index is 609. The van der Waals surface area contributed by atoms with Crippen molar-refractivity contribution in [3.05, 3.63) is 23.8 Å². The molecule has 1 aliphatic heterocycles. The van der Waals surface area contributed by atoms with Crippen LogP contribution in [0.2, 0.25) is 0 Å². The maximum Gasteiger partial charge on any atom is 0.243 e. The maximum atomic E-state index is 12.8.